The van der Waals surface area contributed by atoms with Crippen LogP contribution in [0.2, 0.25) is 0 Å². The van der Waals surface area contributed by atoms with Crippen LogP contribution in [0.4, 0.5) is 24.5 Å². The highest BCUT2D eigenvalue weighted by Gasteiger charge is 2.45. The van der Waals surface area contributed by atoms with Gasteiger partial charge in [0.15, 0.2) is 0 Å². The van der Waals surface area contributed by atoms with Crippen molar-refractivity contribution in [3.8, 4) is 0 Å². The molecular formula is C20H21F3N2O3S. The second-order valence-electron chi connectivity index (χ2n) is 7.05. The summed E-state index contributed by atoms with van der Waals surface area (Å²) < 4.78 is 40.2. The molecule has 1 saturated carbocycles. The number of benzene rings is 1. The molecule has 0 bridgehead atoms. The van der Waals surface area contributed by atoms with Crippen molar-refractivity contribution < 1.29 is 27.9 Å². The lowest BCUT2D eigenvalue weighted by Gasteiger charge is -2.34. The standard InChI is InChI=1S/C20H21F3N2O3S/c21-20(22,23)14-5-1-2-6-15(14)24-16-8-7-12(19(27)28)10-17(16)25-18(26)11-13-4-3-9-29-13/h3-4,7-10,14-15,24H,1-2,5-6,11H2,(H,25,26)(H,27,28). The van der Waals surface area contributed by atoms with E-state index in [1.807, 2.05) is 11.4 Å². The number of hydrogen-bond donors (Lipinski definition) is 3. The van der Waals surface area contributed by atoms with Gasteiger partial charge in [-0.25, -0.2) is 4.79 Å². The van der Waals surface area contributed by atoms with Crippen LogP contribution < -0.4 is 10.6 Å². The van der Waals surface area contributed by atoms with Crippen LogP contribution in [-0.2, 0) is 11.2 Å². The molecule has 3 N–H and O–H groups in total. The van der Waals surface area contributed by atoms with Gasteiger partial charge in [0.1, 0.15) is 0 Å². The van der Waals surface area contributed by atoms with E-state index in [2.05, 4.69) is 10.6 Å². The first-order chi connectivity index (χ1) is 13.7. The summed E-state index contributed by atoms with van der Waals surface area (Å²) in [7, 11) is 0. The van der Waals surface area contributed by atoms with Crippen LogP contribution in [0.3, 0.4) is 0 Å². The maximum Gasteiger partial charge on any atom is 0.393 e. The van der Waals surface area contributed by atoms with Gasteiger partial charge >= 0.3 is 12.1 Å². The summed E-state index contributed by atoms with van der Waals surface area (Å²) in [5.41, 5.74) is 0.395. The second-order valence-corrected chi connectivity index (χ2v) is 8.09. The number of thiophene rings is 1. The predicted molar refractivity (Wildman–Crippen MR) is 105 cm³/mol. The molecule has 1 aromatic heterocycles. The summed E-state index contributed by atoms with van der Waals surface area (Å²) >= 11 is 1.41. The summed E-state index contributed by atoms with van der Waals surface area (Å²) in [6.45, 7) is 0. The number of amides is 1. The van der Waals surface area contributed by atoms with Crippen molar-refractivity contribution in [3.05, 3.63) is 46.2 Å². The zero-order valence-corrected chi connectivity index (χ0v) is 16.3. The fourth-order valence-corrected chi connectivity index (χ4v) is 4.27. The van der Waals surface area contributed by atoms with Gasteiger partial charge in [0, 0.05) is 10.9 Å². The molecule has 2 aromatic rings. The SMILES string of the molecule is O=C(Cc1cccs1)Nc1cc(C(=O)O)ccc1NC1CCCCC1C(F)(F)F. The smallest absolute Gasteiger partial charge is 0.393 e. The van der Waals surface area contributed by atoms with E-state index in [1.165, 1.54) is 29.5 Å². The van der Waals surface area contributed by atoms with Gasteiger partial charge in [0.2, 0.25) is 5.91 Å². The molecule has 0 saturated heterocycles. The Hall–Kier alpha value is -2.55. The average molecular weight is 426 g/mol. The van der Waals surface area contributed by atoms with Gasteiger partial charge < -0.3 is 15.7 Å². The van der Waals surface area contributed by atoms with Crippen molar-refractivity contribution >= 4 is 34.6 Å². The first-order valence-corrected chi connectivity index (χ1v) is 10.1. The molecule has 0 radical (unpaired) electrons. The van der Waals surface area contributed by atoms with Crippen molar-refractivity contribution in [2.24, 2.45) is 5.92 Å². The highest BCUT2D eigenvalue weighted by Crippen LogP contribution is 2.40. The maximum absolute atomic E-state index is 13.4. The Morgan fingerprint density at radius 3 is 2.55 bits per heavy atom. The Labute approximate surface area is 169 Å². The van der Waals surface area contributed by atoms with E-state index in [4.69, 9.17) is 0 Å². The Bertz CT molecular complexity index is 868. The average Bonchev–Trinajstić information content (AvgIpc) is 3.15. The molecular weight excluding hydrogens is 405 g/mol. The van der Waals surface area contributed by atoms with Gasteiger partial charge in [-0.2, -0.15) is 13.2 Å². The number of hydrogen-bond acceptors (Lipinski definition) is 4. The number of anilines is 2. The molecule has 1 aromatic carbocycles. The fourth-order valence-electron chi connectivity index (χ4n) is 3.57. The van der Waals surface area contributed by atoms with Crippen LogP contribution in [0.5, 0.6) is 0 Å². The number of carboxylic acid groups (broad SMARTS) is 1. The molecule has 5 nitrogen and oxygen atoms in total. The molecule has 2 atom stereocenters. The van der Waals surface area contributed by atoms with Crippen LogP contribution in [-0.4, -0.2) is 29.2 Å². The third kappa shape index (κ3) is 5.50. The Kier molecular flexibility index (Phi) is 6.46. The van der Waals surface area contributed by atoms with Crippen LogP contribution >= 0.6 is 11.3 Å². The summed E-state index contributed by atoms with van der Waals surface area (Å²) in [6, 6.07) is 6.77. The minimum atomic E-state index is -4.32. The topological polar surface area (TPSA) is 78.4 Å². The van der Waals surface area contributed by atoms with Crippen LogP contribution in [0.1, 0.15) is 40.9 Å². The normalized spacial score (nSPS) is 19.6. The molecule has 2 unspecified atom stereocenters. The van der Waals surface area contributed by atoms with E-state index >= 15 is 0 Å². The van der Waals surface area contributed by atoms with Gasteiger partial charge in [-0.05, 0) is 42.5 Å². The van der Waals surface area contributed by atoms with Crippen molar-refractivity contribution in [1.29, 1.82) is 0 Å². The highest BCUT2D eigenvalue weighted by molar-refractivity contribution is 7.10. The predicted octanol–water partition coefficient (Wildman–Crippen LogP) is 5.16. The summed E-state index contributed by atoms with van der Waals surface area (Å²) in [5, 5.41) is 16.6. The van der Waals surface area contributed by atoms with Gasteiger partial charge in [-0.1, -0.05) is 18.9 Å². The molecule has 3 rings (SSSR count). The fraction of sp³-hybridized carbons (Fsp3) is 0.400. The first-order valence-electron chi connectivity index (χ1n) is 9.27. The largest absolute Gasteiger partial charge is 0.478 e. The van der Waals surface area contributed by atoms with Crippen molar-refractivity contribution in [2.75, 3.05) is 10.6 Å². The van der Waals surface area contributed by atoms with E-state index in [1.54, 1.807) is 6.07 Å². The Morgan fingerprint density at radius 2 is 1.90 bits per heavy atom. The lowest BCUT2D eigenvalue weighted by atomic mass is 9.84. The summed E-state index contributed by atoms with van der Waals surface area (Å²) in [5.74, 6) is -3.03. The van der Waals surface area contributed by atoms with Crippen LogP contribution in [0.15, 0.2) is 35.7 Å². The van der Waals surface area contributed by atoms with Crippen LogP contribution in [0, 0.1) is 5.92 Å². The molecule has 1 aliphatic rings. The molecule has 1 fully saturated rings. The van der Waals surface area contributed by atoms with Crippen molar-refractivity contribution in [2.45, 2.75) is 44.3 Å². The zero-order valence-electron chi connectivity index (χ0n) is 15.5. The molecule has 1 heterocycles. The molecule has 9 heteroatoms. The zero-order chi connectivity index (χ0) is 21.0. The third-order valence-corrected chi connectivity index (χ3v) is 5.86. The number of rotatable bonds is 6. The monoisotopic (exact) mass is 426 g/mol. The van der Waals surface area contributed by atoms with E-state index in [0.717, 1.165) is 4.88 Å². The van der Waals surface area contributed by atoms with Gasteiger partial charge in [0.05, 0.1) is 29.3 Å². The first kappa shape index (κ1) is 21.2. The summed E-state index contributed by atoms with van der Waals surface area (Å²) in [6.07, 6.45) is -2.62. The number of aromatic carboxylic acids is 1. The number of nitrogens with one attached hydrogen (secondary N) is 2. The second kappa shape index (κ2) is 8.86. The number of alkyl halides is 3. The third-order valence-electron chi connectivity index (χ3n) is 4.98. The molecule has 1 aliphatic carbocycles. The van der Waals surface area contributed by atoms with E-state index in [9.17, 15) is 27.9 Å². The Balaban J connectivity index is 1.83. The van der Waals surface area contributed by atoms with Crippen molar-refractivity contribution in [1.82, 2.24) is 0 Å². The molecule has 1 amide bonds. The minimum Gasteiger partial charge on any atom is -0.478 e. The Morgan fingerprint density at radius 1 is 1.14 bits per heavy atom. The van der Waals surface area contributed by atoms with E-state index in [-0.39, 0.29) is 35.7 Å². The maximum atomic E-state index is 13.4. The molecule has 156 valence electrons. The van der Waals surface area contributed by atoms with Gasteiger partial charge in [-0.15, -0.1) is 11.3 Å². The molecule has 0 spiro atoms. The quantitative estimate of drug-likeness (QED) is 0.596. The minimum absolute atomic E-state index is 0.0500. The van der Waals surface area contributed by atoms with Crippen LogP contribution in [0.25, 0.3) is 0 Å². The van der Waals surface area contributed by atoms with Gasteiger partial charge in [0.25, 0.3) is 0 Å². The number of carbonyl (C=O) groups is 2. The van der Waals surface area contributed by atoms with Gasteiger partial charge in [-0.3, -0.25) is 4.79 Å². The number of halogens is 3. The molecule has 29 heavy (non-hydrogen) atoms. The number of carbonyl (C=O) groups excluding carboxylic acids is 1. The lowest BCUT2D eigenvalue weighted by Crippen LogP contribution is -2.41. The lowest BCUT2D eigenvalue weighted by molar-refractivity contribution is -0.184. The number of carboxylic acids is 1. The summed E-state index contributed by atoms with van der Waals surface area (Å²) in [4.78, 5) is 24.5. The molecule has 0 aliphatic heterocycles. The van der Waals surface area contributed by atoms with E-state index in [0.29, 0.717) is 19.3 Å². The van der Waals surface area contributed by atoms with Crippen molar-refractivity contribution in [3.63, 3.8) is 0 Å². The van der Waals surface area contributed by atoms with E-state index < -0.39 is 24.1 Å². The highest BCUT2D eigenvalue weighted by atomic mass is 32.1.